The number of halogens is 1. The van der Waals surface area contributed by atoms with E-state index in [1.165, 1.54) is 5.56 Å². The molecule has 0 fully saturated rings. The van der Waals surface area contributed by atoms with Gasteiger partial charge >= 0.3 is 0 Å². The monoisotopic (exact) mass is 260 g/mol. The van der Waals surface area contributed by atoms with Crippen LogP contribution in [0.5, 0.6) is 0 Å². The molecule has 1 aromatic carbocycles. The first-order valence-electron chi connectivity index (χ1n) is 4.42. The predicted molar refractivity (Wildman–Crippen MR) is 62.7 cm³/mol. The summed E-state index contributed by atoms with van der Waals surface area (Å²) in [6, 6.07) is 8.47. The fourth-order valence-corrected chi connectivity index (χ4v) is 2.02. The highest BCUT2D eigenvalue weighted by atomic mass is 79.9. The van der Waals surface area contributed by atoms with Crippen LogP contribution in [0.2, 0.25) is 0 Å². The maximum absolute atomic E-state index is 5.30. The topological polar surface area (TPSA) is 9.23 Å². The fourth-order valence-electron chi connectivity index (χ4n) is 1.02. The molecule has 0 aliphatic rings. The van der Waals surface area contributed by atoms with Crippen molar-refractivity contribution in [2.45, 2.75) is 13.3 Å². The summed E-state index contributed by atoms with van der Waals surface area (Å²) in [6.07, 6.45) is 2.25. The van der Waals surface area contributed by atoms with Crippen LogP contribution in [0.1, 0.15) is 12.5 Å². The average Bonchev–Trinajstić information content (AvgIpc) is 2.15. The maximum Gasteiger partial charge on any atom is 0.0477 e. The summed E-state index contributed by atoms with van der Waals surface area (Å²) < 4.78 is 6.44. The zero-order chi connectivity index (χ0) is 9.52. The van der Waals surface area contributed by atoms with Gasteiger partial charge < -0.3 is 4.52 Å². The van der Waals surface area contributed by atoms with Crippen molar-refractivity contribution in [3.63, 3.8) is 0 Å². The first-order chi connectivity index (χ1) is 6.33. The molecule has 72 valence electrons. The summed E-state index contributed by atoms with van der Waals surface area (Å²) in [7, 11) is 0.643. The Kier molecular flexibility index (Phi) is 5.61. The van der Waals surface area contributed by atoms with Crippen LogP contribution < -0.4 is 0 Å². The number of benzene rings is 1. The van der Waals surface area contributed by atoms with Crippen LogP contribution in [0, 0.1) is 0 Å². The Bertz CT molecular complexity index is 235. The molecule has 0 amide bonds. The van der Waals surface area contributed by atoms with E-state index in [0.717, 1.165) is 23.7 Å². The van der Waals surface area contributed by atoms with Gasteiger partial charge in [0.15, 0.2) is 0 Å². The third-order valence-corrected chi connectivity index (χ3v) is 3.15. The molecule has 0 saturated heterocycles. The normalized spacial score (nSPS) is 11.2. The molecule has 3 heteroatoms. The van der Waals surface area contributed by atoms with Crippen LogP contribution >= 0.6 is 24.7 Å². The van der Waals surface area contributed by atoms with E-state index in [-0.39, 0.29) is 0 Å². The highest BCUT2D eigenvalue weighted by Crippen LogP contribution is 2.16. The van der Waals surface area contributed by atoms with Crippen molar-refractivity contribution in [2.75, 3.05) is 12.8 Å². The van der Waals surface area contributed by atoms with E-state index in [2.05, 4.69) is 40.2 Å². The van der Waals surface area contributed by atoms with E-state index in [9.17, 15) is 0 Å². The minimum absolute atomic E-state index is 0.643. The quantitative estimate of drug-likeness (QED) is 0.581. The van der Waals surface area contributed by atoms with E-state index >= 15 is 0 Å². The maximum atomic E-state index is 5.30. The van der Waals surface area contributed by atoms with Crippen molar-refractivity contribution in [1.82, 2.24) is 0 Å². The molecule has 1 unspecified atom stereocenters. The van der Waals surface area contributed by atoms with Crippen molar-refractivity contribution < 1.29 is 4.52 Å². The Labute approximate surface area is 89.9 Å². The minimum Gasteiger partial charge on any atom is -0.363 e. The number of aryl methyl sites for hydroxylation is 1. The molecule has 0 saturated carbocycles. The summed E-state index contributed by atoms with van der Waals surface area (Å²) in [4.78, 5) is 0. The fraction of sp³-hybridized carbons (Fsp3) is 0.400. The molecule has 13 heavy (non-hydrogen) atoms. The van der Waals surface area contributed by atoms with E-state index in [4.69, 9.17) is 4.52 Å². The first kappa shape index (κ1) is 11.2. The molecule has 0 bridgehead atoms. The van der Waals surface area contributed by atoms with Gasteiger partial charge in [0.2, 0.25) is 0 Å². The highest BCUT2D eigenvalue weighted by molar-refractivity contribution is 9.10. The van der Waals surface area contributed by atoms with Gasteiger partial charge in [0.25, 0.3) is 0 Å². The van der Waals surface area contributed by atoms with E-state index < -0.39 is 0 Å². The molecule has 1 rings (SSSR count). The van der Waals surface area contributed by atoms with Gasteiger partial charge in [0.1, 0.15) is 0 Å². The summed E-state index contributed by atoms with van der Waals surface area (Å²) in [5.74, 6) is 0. The van der Waals surface area contributed by atoms with Crippen LogP contribution in [0.3, 0.4) is 0 Å². The van der Waals surface area contributed by atoms with Crippen LogP contribution in [-0.2, 0) is 10.9 Å². The Morgan fingerprint density at radius 2 is 2.00 bits per heavy atom. The molecule has 0 radical (unpaired) electrons. The second-order valence-corrected chi connectivity index (χ2v) is 4.70. The lowest BCUT2D eigenvalue weighted by atomic mass is 10.2. The number of hydrogen-bond acceptors (Lipinski definition) is 1. The van der Waals surface area contributed by atoms with E-state index in [0.29, 0.717) is 8.81 Å². The lowest BCUT2D eigenvalue weighted by Crippen LogP contribution is -1.87. The molecule has 0 N–H and O–H groups in total. The third-order valence-electron chi connectivity index (χ3n) is 1.68. The smallest absolute Gasteiger partial charge is 0.0477 e. The summed E-state index contributed by atoms with van der Waals surface area (Å²) in [5.41, 5.74) is 1.38. The Morgan fingerprint density at radius 1 is 1.31 bits per heavy atom. The van der Waals surface area contributed by atoms with Gasteiger partial charge in [-0.1, -0.05) is 28.1 Å². The third kappa shape index (κ3) is 4.75. The molecule has 0 aromatic heterocycles. The van der Waals surface area contributed by atoms with Gasteiger partial charge in [0.05, 0.1) is 0 Å². The zero-order valence-electron chi connectivity index (χ0n) is 7.72. The van der Waals surface area contributed by atoms with Gasteiger partial charge in [-0.25, -0.2) is 0 Å². The Balaban J connectivity index is 2.25. The van der Waals surface area contributed by atoms with Gasteiger partial charge in [0, 0.05) is 19.9 Å². The van der Waals surface area contributed by atoms with Crippen LogP contribution in [0.15, 0.2) is 28.7 Å². The number of rotatable bonds is 5. The molecular formula is C10H14BrOP. The molecule has 0 heterocycles. The Morgan fingerprint density at radius 3 is 2.62 bits per heavy atom. The average molecular weight is 261 g/mol. The highest BCUT2D eigenvalue weighted by Gasteiger charge is 1.93. The lowest BCUT2D eigenvalue weighted by molar-refractivity contribution is 0.389. The van der Waals surface area contributed by atoms with Crippen molar-refractivity contribution in [3.05, 3.63) is 34.3 Å². The molecule has 0 aliphatic carbocycles. The standard InChI is InChI=1S/C10H14BrOP/c1-2-12-13-8-7-9-3-5-10(11)6-4-9/h3-6,13H,2,7-8H2,1H3. The van der Waals surface area contributed by atoms with Crippen molar-refractivity contribution in [2.24, 2.45) is 0 Å². The van der Waals surface area contributed by atoms with Gasteiger partial charge in [-0.15, -0.1) is 0 Å². The number of hydrogen-bond donors (Lipinski definition) is 0. The second-order valence-electron chi connectivity index (χ2n) is 2.70. The SMILES string of the molecule is CCOPCCc1ccc(Br)cc1. The van der Waals surface area contributed by atoms with Crippen LogP contribution in [0.4, 0.5) is 0 Å². The molecule has 1 aromatic rings. The summed E-state index contributed by atoms with van der Waals surface area (Å²) in [6.45, 7) is 2.87. The summed E-state index contributed by atoms with van der Waals surface area (Å²) >= 11 is 3.42. The molecular weight excluding hydrogens is 247 g/mol. The zero-order valence-corrected chi connectivity index (χ0v) is 10.3. The molecule has 0 spiro atoms. The largest absolute Gasteiger partial charge is 0.363 e. The predicted octanol–water partition coefficient (Wildman–Crippen LogP) is 3.62. The first-order valence-corrected chi connectivity index (χ1v) is 6.33. The molecule has 0 aliphatic heterocycles. The van der Waals surface area contributed by atoms with Crippen molar-refractivity contribution in [3.8, 4) is 0 Å². The van der Waals surface area contributed by atoms with Crippen LogP contribution in [0.25, 0.3) is 0 Å². The Hall–Kier alpha value is 0.0900. The van der Waals surface area contributed by atoms with E-state index in [1.54, 1.807) is 0 Å². The second kappa shape index (κ2) is 6.53. The van der Waals surface area contributed by atoms with Crippen molar-refractivity contribution in [1.29, 1.82) is 0 Å². The molecule has 1 nitrogen and oxygen atoms in total. The van der Waals surface area contributed by atoms with Gasteiger partial charge in [-0.05, 0) is 37.2 Å². The minimum atomic E-state index is 0.643. The van der Waals surface area contributed by atoms with Gasteiger partial charge in [-0.3, -0.25) is 0 Å². The van der Waals surface area contributed by atoms with E-state index in [1.807, 2.05) is 6.92 Å². The lowest BCUT2D eigenvalue weighted by Gasteiger charge is -2.01. The molecule has 1 atom stereocenters. The van der Waals surface area contributed by atoms with Crippen LogP contribution in [-0.4, -0.2) is 12.8 Å². The van der Waals surface area contributed by atoms with Crippen molar-refractivity contribution >= 4 is 24.7 Å². The van der Waals surface area contributed by atoms with Gasteiger partial charge in [-0.2, -0.15) is 0 Å². The summed E-state index contributed by atoms with van der Waals surface area (Å²) in [5, 5.41) is 0.